The lowest BCUT2D eigenvalue weighted by Gasteiger charge is -2.09. The number of carbonyl (C=O) groups is 1. The number of hydrogen-bond acceptors (Lipinski definition) is 3. The van der Waals surface area contributed by atoms with E-state index in [2.05, 4.69) is 4.98 Å². The summed E-state index contributed by atoms with van der Waals surface area (Å²) >= 11 is 0. The molecule has 0 unspecified atom stereocenters. The quantitative estimate of drug-likeness (QED) is 0.752. The summed E-state index contributed by atoms with van der Waals surface area (Å²) in [6.07, 6.45) is 3.49. The summed E-state index contributed by atoms with van der Waals surface area (Å²) in [5.41, 5.74) is 5.52. The van der Waals surface area contributed by atoms with Crippen molar-refractivity contribution in [2.75, 3.05) is 6.54 Å². The zero-order valence-corrected chi connectivity index (χ0v) is 12.2. The minimum Gasteiger partial charge on any atom is -0.330 e. The van der Waals surface area contributed by atoms with E-state index in [0.717, 1.165) is 17.5 Å². The van der Waals surface area contributed by atoms with E-state index in [1.807, 2.05) is 0 Å². The van der Waals surface area contributed by atoms with Crippen LogP contribution in [0.2, 0.25) is 0 Å². The van der Waals surface area contributed by atoms with E-state index in [9.17, 15) is 13.6 Å². The Morgan fingerprint density at radius 2 is 1.87 bits per heavy atom. The maximum Gasteiger partial charge on any atom is 0.199 e. The number of pyridine rings is 1. The van der Waals surface area contributed by atoms with Gasteiger partial charge in [-0.1, -0.05) is 18.2 Å². The first-order chi connectivity index (χ1) is 11.1. The molecule has 116 valence electrons. The van der Waals surface area contributed by atoms with Crippen molar-refractivity contribution in [2.45, 2.75) is 6.42 Å². The van der Waals surface area contributed by atoms with Crippen LogP contribution in [-0.2, 0) is 6.42 Å². The van der Waals surface area contributed by atoms with Crippen molar-refractivity contribution in [1.29, 1.82) is 0 Å². The Balaban J connectivity index is 2.13. The zero-order valence-electron chi connectivity index (χ0n) is 12.2. The first kappa shape index (κ1) is 15.2. The van der Waals surface area contributed by atoms with Crippen molar-refractivity contribution in [3.8, 4) is 0 Å². The molecule has 3 nitrogen and oxygen atoms in total. The molecule has 0 aliphatic rings. The molecule has 0 radical (unpaired) electrons. The van der Waals surface area contributed by atoms with Crippen LogP contribution in [0.15, 0.2) is 48.8 Å². The number of carbonyl (C=O) groups excluding carboxylic acids is 1. The van der Waals surface area contributed by atoms with Crippen LogP contribution < -0.4 is 5.73 Å². The smallest absolute Gasteiger partial charge is 0.199 e. The molecular formula is C18H14F2N2O. The van der Waals surface area contributed by atoms with Gasteiger partial charge in [0.2, 0.25) is 0 Å². The number of fused-ring (bicyclic) bond motifs is 1. The Bertz CT molecular complexity index is 865. The standard InChI is InChI=1S/C18H14F2N2O/c19-15-8-11(4-6-21)9-16(20)17(15)18(23)14-3-1-2-12-10-22-7-5-13(12)14/h1-3,5,7-10H,4,6,21H2. The molecule has 0 saturated carbocycles. The number of nitrogens with two attached hydrogens (primary N) is 1. The van der Waals surface area contributed by atoms with Crippen molar-refractivity contribution in [2.24, 2.45) is 5.73 Å². The van der Waals surface area contributed by atoms with Gasteiger partial charge in [-0.15, -0.1) is 0 Å². The Labute approximate surface area is 131 Å². The SMILES string of the molecule is NCCc1cc(F)c(C(=O)c2cccc3cnccc23)c(F)c1. The number of rotatable bonds is 4. The molecule has 0 bridgehead atoms. The molecule has 1 heterocycles. The Hall–Kier alpha value is -2.66. The normalized spacial score (nSPS) is 10.9. The molecule has 0 aliphatic heterocycles. The fourth-order valence-corrected chi connectivity index (χ4v) is 2.61. The first-order valence-electron chi connectivity index (χ1n) is 7.17. The summed E-state index contributed by atoms with van der Waals surface area (Å²) in [6.45, 7) is 0.280. The molecule has 0 spiro atoms. The van der Waals surface area contributed by atoms with E-state index in [0.29, 0.717) is 17.4 Å². The second-order valence-corrected chi connectivity index (χ2v) is 5.20. The van der Waals surface area contributed by atoms with E-state index >= 15 is 0 Å². The van der Waals surface area contributed by atoms with Gasteiger partial charge in [-0.05, 0) is 42.1 Å². The third-order valence-corrected chi connectivity index (χ3v) is 3.69. The van der Waals surface area contributed by atoms with Crippen LogP contribution in [0.5, 0.6) is 0 Å². The molecular weight excluding hydrogens is 298 g/mol. The van der Waals surface area contributed by atoms with Gasteiger partial charge in [0.15, 0.2) is 5.78 Å². The third kappa shape index (κ3) is 2.83. The lowest BCUT2D eigenvalue weighted by Crippen LogP contribution is -2.10. The summed E-state index contributed by atoms with van der Waals surface area (Å²) in [4.78, 5) is 16.6. The van der Waals surface area contributed by atoms with Gasteiger partial charge in [0.25, 0.3) is 0 Å². The van der Waals surface area contributed by atoms with Gasteiger partial charge in [0.05, 0.1) is 5.56 Å². The monoisotopic (exact) mass is 312 g/mol. The van der Waals surface area contributed by atoms with E-state index < -0.39 is 23.0 Å². The number of benzene rings is 2. The van der Waals surface area contributed by atoms with Crippen LogP contribution in [0.3, 0.4) is 0 Å². The second-order valence-electron chi connectivity index (χ2n) is 5.20. The highest BCUT2D eigenvalue weighted by Gasteiger charge is 2.21. The van der Waals surface area contributed by atoms with Crippen molar-refractivity contribution >= 4 is 16.6 Å². The number of hydrogen-bond donors (Lipinski definition) is 1. The topological polar surface area (TPSA) is 56.0 Å². The molecule has 0 fully saturated rings. The van der Waals surface area contributed by atoms with Gasteiger partial charge in [-0.3, -0.25) is 9.78 Å². The first-order valence-corrected chi connectivity index (χ1v) is 7.17. The van der Waals surface area contributed by atoms with Crippen LogP contribution in [0, 0.1) is 11.6 Å². The fourth-order valence-electron chi connectivity index (χ4n) is 2.61. The Morgan fingerprint density at radius 3 is 2.57 bits per heavy atom. The summed E-state index contributed by atoms with van der Waals surface area (Å²) in [7, 11) is 0. The predicted octanol–water partition coefficient (Wildman–Crippen LogP) is 3.25. The van der Waals surface area contributed by atoms with Crippen LogP contribution >= 0.6 is 0 Å². The van der Waals surface area contributed by atoms with Crippen LogP contribution in [0.25, 0.3) is 10.8 Å². The maximum atomic E-state index is 14.3. The van der Waals surface area contributed by atoms with Crippen molar-refractivity contribution < 1.29 is 13.6 Å². The van der Waals surface area contributed by atoms with E-state index in [1.165, 1.54) is 6.20 Å². The average molecular weight is 312 g/mol. The molecule has 1 aromatic heterocycles. The van der Waals surface area contributed by atoms with Crippen LogP contribution in [0.1, 0.15) is 21.5 Å². The van der Waals surface area contributed by atoms with E-state index in [-0.39, 0.29) is 12.1 Å². The highest BCUT2D eigenvalue weighted by molar-refractivity contribution is 6.16. The molecule has 0 saturated heterocycles. The lowest BCUT2D eigenvalue weighted by molar-refractivity contribution is 0.103. The molecule has 3 rings (SSSR count). The minimum atomic E-state index is -0.871. The van der Waals surface area contributed by atoms with Gasteiger partial charge in [-0.2, -0.15) is 0 Å². The molecule has 3 aromatic rings. The Kier molecular flexibility index (Phi) is 4.12. The summed E-state index contributed by atoms with van der Waals surface area (Å²) < 4.78 is 28.5. The second kappa shape index (κ2) is 6.22. The molecule has 2 N–H and O–H groups in total. The van der Waals surface area contributed by atoms with Crippen molar-refractivity contribution in [3.05, 3.63) is 77.1 Å². The van der Waals surface area contributed by atoms with Crippen molar-refractivity contribution in [1.82, 2.24) is 4.98 Å². The lowest BCUT2D eigenvalue weighted by atomic mass is 9.96. The number of nitrogens with zero attached hydrogens (tertiary/aromatic N) is 1. The molecule has 2 aromatic carbocycles. The largest absolute Gasteiger partial charge is 0.330 e. The van der Waals surface area contributed by atoms with Crippen LogP contribution in [0.4, 0.5) is 8.78 Å². The third-order valence-electron chi connectivity index (χ3n) is 3.69. The number of halogens is 2. The minimum absolute atomic E-state index is 0.245. The van der Waals surface area contributed by atoms with E-state index in [1.54, 1.807) is 30.5 Å². The van der Waals surface area contributed by atoms with Gasteiger partial charge >= 0.3 is 0 Å². The molecule has 5 heteroatoms. The molecule has 0 atom stereocenters. The number of ketones is 1. The number of aromatic nitrogens is 1. The van der Waals surface area contributed by atoms with Gasteiger partial charge in [-0.25, -0.2) is 8.78 Å². The predicted molar refractivity (Wildman–Crippen MR) is 84.3 cm³/mol. The summed E-state index contributed by atoms with van der Waals surface area (Å²) in [6, 6.07) is 8.98. The zero-order chi connectivity index (χ0) is 16.4. The Morgan fingerprint density at radius 1 is 1.13 bits per heavy atom. The molecule has 0 amide bonds. The van der Waals surface area contributed by atoms with Gasteiger partial charge in [0, 0.05) is 23.3 Å². The summed E-state index contributed by atoms with van der Waals surface area (Å²) in [5, 5.41) is 1.34. The van der Waals surface area contributed by atoms with Gasteiger partial charge < -0.3 is 5.73 Å². The van der Waals surface area contributed by atoms with Gasteiger partial charge in [0.1, 0.15) is 11.6 Å². The summed E-state index contributed by atoms with van der Waals surface area (Å²) in [5.74, 6) is -2.43. The molecule has 0 aliphatic carbocycles. The fraction of sp³-hybridized carbons (Fsp3) is 0.111. The van der Waals surface area contributed by atoms with Crippen LogP contribution in [-0.4, -0.2) is 17.3 Å². The highest BCUT2D eigenvalue weighted by atomic mass is 19.1. The van der Waals surface area contributed by atoms with E-state index in [4.69, 9.17) is 5.73 Å². The van der Waals surface area contributed by atoms with Crippen molar-refractivity contribution in [3.63, 3.8) is 0 Å². The average Bonchev–Trinajstić information content (AvgIpc) is 2.54. The maximum absolute atomic E-state index is 14.3. The molecule has 23 heavy (non-hydrogen) atoms. The highest BCUT2D eigenvalue weighted by Crippen LogP contribution is 2.24.